The predicted octanol–water partition coefficient (Wildman–Crippen LogP) is 2.67. The number of nitrogens with zero attached hydrogens (tertiary/aromatic N) is 8. The average Bonchev–Trinajstić information content (AvgIpc) is 3.20. The molecule has 5 rings (SSSR count). The Balaban J connectivity index is 1.49. The van der Waals surface area contributed by atoms with Crippen LogP contribution < -0.4 is 15.8 Å². The van der Waals surface area contributed by atoms with Gasteiger partial charge in [-0.3, -0.25) is 9.59 Å². The number of benzene rings is 1. The zero-order chi connectivity index (χ0) is 27.7. The molecular weight excluding hydrogens is 494 g/mol. The average molecular weight is 528 g/mol. The van der Waals surface area contributed by atoms with E-state index in [4.69, 9.17) is 4.98 Å². The highest BCUT2D eigenvalue weighted by Gasteiger charge is 2.19. The van der Waals surface area contributed by atoms with E-state index in [-0.39, 0.29) is 18.0 Å². The summed E-state index contributed by atoms with van der Waals surface area (Å²) in [6.45, 7) is 10.2. The molecule has 0 atom stereocenters. The Morgan fingerprint density at radius 2 is 1.87 bits per heavy atom. The Kier molecular flexibility index (Phi) is 7.16. The van der Waals surface area contributed by atoms with Crippen LogP contribution in [0.25, 0.3) is 16.9 Å². The molecule has 39 heavy (non-hydrogen) atoms. The highest BCUT2D eigenvalue weighted by molar-refractivity contribution is 5.93. The van der Waals surface area contributed by atoms with Crippen LogP contribution in [0.4, 0.5) is 17.3 Å². The quantitative estimate of drug-likeness (QED) is 0.366. The maximum absolute atomic E-state index is 13.2. The van der Waals surface area contributed by atoms with Gasteiger partial charge in [0, 0.05) is 64.0 Å². The minimum Gasteiger partial charge on any atom is -0.369 e. The van der Waals surface area contributed by atoms with Crippen molar-refractivity contribution in [3.05, 3.63) is 76.9 Å². The van der Waals surface area contributed by atoms with Gasteiger partial charge in [-0.2, -0.15) is 4.98 Å². The number of rotatable bonds is 7. The Hall–Kier alpha value is -4.51. The van der Waals surface area contributed by atoms with Crippen LogP contribution in [0.1, 0.15) is 15.9 Å². The topological polar surface area (TPSA) is 104 Å². The lowest BCUT2D eigenvalue weighted by atomic mass is 10.1. The predicted molar refractivity (Wildman–Crippen MR) is 153 cm³/mol. The van der Waals surface area contributed by atoms with Gasteiger partial charge in [-0.05, 0) is 49.9 Å². The van der Waals surface area contributed by atoms with Gasteiger partial charge in [0.25, 0.3) is 11.5 Å². The van der Waals surface area contributed by atoms with Crippen molar-refractivity contribution in [3.8, 4) is 5.82 Å². The second-order valence-electron chi connectivity index (χ2n) is 9.94. The third kappa shape index (κ3) is 5.13. The minimum atomic E-state index is -0.251. The van der Waals surface area contributed by atoms with Crippen molar-refractivity contribution >= 4 is 34.3 Å². The number of carbonyl (C=O) groups is 1. The van der Waals surface area contributed by atoms with E-state index in [0.717, 1.165) is 37.4 Å². The lowest BCUT2D eigenvalue weighted by Gasteiger charge is -2.35. The molecule has 0 saturated carbocycles. The lowest BCUT2D eigenvalue weighted by Crippen LogP contribution is -2.44. The van der Waals surface area contributed by atoms with Crippen LogP contribution in [0.15, 0.2) is 60.2 Å². The lowest BCUT2D eigenvalue weighted by molar-refractivity contribution is 0.0827. The monoisotopic (exact) mass is 527 g/mol. The Morgan fingerprint density at radius 1 is 1.10 bits per heavy atom. The van der Waals surface area contributed by atoms with E-state index in [2.05, 4.69) is 57.8 Å². The Bertz CT molecular complexity index is 1580. The molecule has 1 aliphatic rings. The molecule has 11 heteroatoms. The van der Waals surface area contributed by atoms with Gasteiger partial charge in [-0.25, -0.2) is 19.3 Å². The molecular formula is C28H33N9O2. The molecule has 0 aliphatic carbocycles. The van der Waals surface area contributed by atoms with Gasteiger partial charge < -0.3 is 20.0 Å². The van der Waals surface area contributed by atoms with E-state index in [1.807, 2.05) is 6.07 Å². The Labute approximate surface area is 227 Å². The fraction of sp³-hybridized carbons (Fsp3) is 0.321. The van der Waals surface area contributed by atoms with E-state index in [9.17, 15) is 9.59 Å². The zero-order valence-electron chi connectivity index (χ0n) is 22.8. The largest absolute Gasteiger partial charge is 0.369 e. The highest BCUT2D eigenvalue weighted by Crippen LogP contribution is 2.26. The van der Waals surface area contributed by atoms with Gasteiger partial charge >= 0.3 is 0 Å². The highest BCUT2D eigenvalue weighted by atomic mass is 16.2. The molecule has 4 aromatic rings. The van der Waals surface area contributed by atoms with Crippen LogP contribution >= 0.6 is 0 Å². The molecule has 0 bridgehead atoms. The Morgan fingerprint density at radius 3 is 2.51 bits per heavy atom. The normalized spacial score (nSPS) is 14.0. The number of pyridine rings is 1. The number of allylic oxidation sites excluding steroid dienone is 1. The van der Waals surface area contributed by atoms with E-state index >= 15 is 0 Å². The van der Waals surface area contributed by atoms with Crippen LogP contribution in [-0.2, 0) is 6.54 Å². The summed E-state index contributed by atoms with van der Waals surface area (Å²) in [4.78, 5) is 45.3. The number of anilines is 3. The number of aromatic nitrogens is 5. The summed E-state index contributed by atoms with van der Waals surface area (Å²) in [5.74, 6) is 0.659. The number of nitrogens with one attached hydrogen (secondary N) is 1. The van der Waals surface area contributed by atoms with Gasteiger partial charge in [-0.15, -0.1) is 6.58 Å². The second-order valence-corrected chi connectivity index (χ2v) is 9.94. The summed E-state index contributed by atoms with van der Waals surface area (Å²) in [6.07, 6.45) is 4.66. The molecule has 1 aromatic carbocycles. The van der Waals surface area contributed by atoms with E-state index in [0.29, 0.717) is 28.4 Å². The third-order valence-electron chi connectivity index (χ3n) is 6.89. The first-order valence-electron chi connectivity index (χ1n) is 12.9. The van der Waals surface area contributed by atoms with E-state index in [1.54, 1.807) is 37.0 Å². The van der Waals surface area contributed by atoms with Crippen molar-refractivity contribution in [2.45, 2.75) is 13.5 Å². The van der Waals surface area contributed by atoms with Gasteiger partial charge in [0.2, 0.25) is 5.95 Å². The fourth-order valence-corrected chi connectivity index (χ4v) is 4.77. The number of hydrogen-bond donors (Lipinski definition) is 1. The third-order valence-corrected chi connectivity index (χ3v) is 6.89. The maximum Gasteiger partial charge on any atom is 0.278 e. The smallest absolute Gasteiger partial charge is 0.278 e. The number of fused-ring (bicyclic) bond motifs is 1. The van der Waals surface area contributed by atoms with Crippen molar-refractivity contribution in [1.82, 2.24) is 34.1 Å². The molecule has 11 nitrogen and oxygen atoms in total. The van der Waals surface area contributed by atoms with Gasteiger partial charge in [0.1, 0.15) is 5.39 Å². The van der Waals surface area contributed by atoms with Crippen LogP contribution in [0, 0.1) is 6.92 Å². The summed E-state index contributed by atoms with van der Waals surface area (Å²) < 4.78 is 3.14. The molecule has 0 spiro atoms. The minimum absolute atomic E-state index is 0.155. The fourth-order valence-electron chi connectivity index (χ4n) is 4.77. The number of amides is 1. The summed E-state index contributed by atoms with van der Waals surface area (Å²) in [5, 5.41) is 3.65. The van der Waals surface area contributed by atoms with Crippen LogP contribution in [0.5, 0.6) is 0 Å². The summed E-state index contributed by atoms with van der Waals surface area (Å²) in [5.41, 5.74) is 3.85. The summed E-state index contributed by atoms with van der Waals surface area (Å²) in [6, 6.07) is 9.61. The number of likely N-dealkylation sites (N-methyl/N-ethyl adjacent to an activating group) is 1. The first-order chi connectivity index (χ1) is 18.8. The molecule has 0 unspecified atom stereocenters. The second kappa shape index (κ2) is 10.7. The first kappa shape index (κ1) is 26.1. The number of hydrogen-bond acceptors (Lipinski definition) is 8. The molecule has 0 radical (unpaired) electrons. The molecule has 1 amide bonds. The maximum atomic E-state index is 13.2. The van der Waals surface area contributed by atoms with E-state index in [1.165, 1.54) is 27.7 Å². The molecule has 4 heterocycles. The van der Waals surface area contributed by atoms with Crippen molar-refractivity contribution < 1.29 is 4.79 Å². The van der Waals surface area contributed by atoms with Crippen LogP contribution in [-0.4, -0.2) is 87.3 Å². The van der Waals surface area contributed by atoms with Crippen molar-refractivity contribution in [2.24, 2.45) is 0 Å². The number of piperazine rings is 1. The molecule has 1 fully saturated rings. The SMILES string of the molecule is C=CCn1c(=O)c2cnc(Nc3ccc(N4CCN(C)CC4)c(C)c3)nc2n1-c1ccc(C(=O)N(C)C)cn1. The standard InChI is InChI=1S/C28H33N9O2/c1-6-11-36-27(39)22-18-30-28(31-21-8-9-23(19(2)16-21)35-14-12-34(5)13-15-35)32-25(22)37(36)24-10-7-20(17-29-24)26(38)33(3)4/h6-10,16-18H,1,11-15H2,2-5H3,(H,30,31,32). The van der Waals surface area contributed by atoms with Crippen molar-refractivity contribution in [3.63, 3.8) is 0 Å². The number of aryl methyl sites for hydroxylation is 1. The molecule has 1 aliphatic heterocycles. The van der Waals surface area contributed by atoms with Gasteiger partial charge in [0.15, 0.2) is 11.5 Å². The molecule has 202 valence electrons. The van der Waals surface area contributed by atoms with Crippen LogP contribution in [0.2, 0.25) is 0 Å². The van der Waals surface area contributed by atoms with Gasteiger partial charge in [0.05, 0.1) is 12.1 Å². The van der Waals surface area contributed by atoms with Gasteiger partial charge in [-0.1, -0.05) is 6.08 Å². The molecule has 1 N–H and O–H groups in total. The van der Waals surface area contributed by atoms with Crippen molar-refractivity contribution in [1.29, 1.82) is 0 Å². The first-order valence-corrected chi connectivity index (χ1v) is 12.9. The zero-order valence-corrected chi connectivity index (χ0v) is 22.8. The summed E-state index contributed by atoms with van der Waals surface area (Å²) in [7, 11) is 5.52. The van der Waals surface area contributed by atoms with Crippen LogP contribution in [0.3, 0.4) is 0 Å². The number of carbonyl (C=O) groups excluding carboxylic acids is 1. The van der Waals surface area contributed by atoms with Crippen molar-refractivity contribution in [2.75, 3.05) is 57.5 Å². The molecule has 3 aromatic heterocycles. The molecule has 1 saturated heterocycles. The van der Waals surface area contributed by atoms with E-state index < -0.39 is 0 Å². The summed E-state index contributed by atoms with van der Waals surface area (Å²) >= 11 is 0.